The molecule has 0 amide bonds. The van der Waals surface area contributed by atoms with Gasteiger partial charge in [-0.15, -0.1) is 0 Å². The zero-order chi connectivity index (χ0) is 15.6. The molecule has 5 heteroatoms. The lowest BCUT2D eigenvalue weighted by Crippen LogP contribution is -2.47. The summed E-state index contributed by atoms with van der Waals surface area (Å²) in [5.41, 5.74) is 0.487. The van der Waals surface area contributed by atoms with Crippen molar-refractivity contribution in [3.05, 3.63) is 0 Å². The second-order valence-electron chi connectivity index (χ2n) is 6.41. The summed E-state index contributed by atoms with van der Waals surface area (Å²) in [5.74, 6) is 1.64. The normalized spacial score (nSPS) is 17.7. The number of guanidine groups is 1. The van der Waals surface area contributed by atoms with Gasteiger partial charge in [0.05, 0.1) is 19.8 Å². The molecule has 0 heterocycles. The van der Waals surface area contributed by atoms with Gasteiger partial charge in [0.15, 0.2) is 5.96 Å². The second-order valence-corrected chi connectivity index (χ2v) is 6.41. The molecule has 0 atom stereocenters. The van der Waals surface area contributed by atoms with Gasteiger partial charge < -0.3 is 20.1 Å². The van der Waals surface area contributed by atoms with Crippen molar-refractivity contribution in [3.8, 4) is 0 Å². The minimum absolute atomic E-state index is 0.487. The van der Waals surface area contributed by atoms with Crippen LogP contribution in [0.4, 0.5) is 0 Å². The lowest BCUT2D eigenvalue weighted by atomic mass is 9.64. The summed E-state index contributed by atoms with van der Waals surface area (Å²) in [6.45, 7) is 8.36. The number of hydrogen-bond donors (Lipinski definition) is 2. The van der Waals surface area contributed by atoms with E-state index >= 15 is 0 Å². The van der Waals surface area contributed by atoms with Crippen molar-refractivity contribution in [2.45, 2.75) is 39.5 Å². The largest absolute Gasteiger partial charge is 0.382 e. The van der Waals surface area contributed by atoms with Crippen LogP contribution in [-0.2, 0) is 9.47 Å². The van der Waals surface area contributed by atoms with Crippen molar-refractivity contribution < 1.29 is 9.47 Å². The Balaban J connectivity index is 2.18. The highest BCUT2D eigenvalue weighted by Gasteiger charge is 2.37. The van der Waals surface area contributed by atoms with E-state index < -0.39 is 0 Å². The average molecular weight is 299 g/mol. The molecule has 2 N–H and O–H groups in total. The number of methoxy groups -OCH3 is 1. The maximum absolute atomic E-state index is 5.43. The molecule has 0 saturated heterocycles. The molecule has 1 aliphatic rings. The lowest BCUT2D eigenvalue weighted by Gasteiger charge is -2.43. The SMILES string of the molecule is CN=C(NCCOCCOC)NCC1(CC(C)C)CCC1. The van der Waals surface area contributed by atoms with Gasteiger partial charge in [-0.05, 0) is 30.6 Å². The van der Waals surface area contributed by atoms with Crippen LogP contribution < -0.4 is 10.6 Å². The van der Waals surface area contributed by atoms with Gasteiger partial charge in [0, 0.05) is 27.2 Å². The predicted octanol–water partition coefficient (Wildman–Crippen LogP) is 2.03. The van der Waals surface area contributed by atoms with E-state index in [1.807, 2.05) is 7.05 Å². The molecule has 0 radical (unpaired) electrons. The van der Waals surface area contributed by atoms with Crippen LogP contribution in [0, 0.1) is 11.3 Å². The first-order valence-electron chi connectivity index (χ1n) is 8.13. The molecule has 0 aromatic carbocycles. The summed E-state index contributed by atoms with van der Waals surface area (Å²) in [6, 6.07) is 0. The summed E-state index contributed by atoms with van der Waals surface area (Å²) in [7, 11) is 3.50. The van der Waals surface area contributed by atoms with E-state index in [4.69, 9.17) is 9.47 Å². The Morgan fingerprint density at radius 1 is 1.19 bits per heavy atom. The molecule has 0 aromatic rings. The number of nitrogens with zero attached hydrogens (tertiary/aromatic N) is 1. The highest BCUT2D eigenvalue weighted by molar-refractivity contribution is 5.79. The van der Waals surface area contributed by atoms with E-state index in [0.29, 0.717) is 25.2 Å². The maximum Gasteiger partial charge on any atom is 0.191 e. The molecule has 21 heavy (non-hydrogen) atoms. The molecular formula is C16H33N3O2. The Morgan fingerprint density at radius 3 is 2.48 bits per heavy atom. The van der Waals surface area contributed by atoms with Crippen LogP contribution in [0.15, 0.2) is 4.99 Å². The zero-order valence-electron chi connectivity index (χ0n) is 14.2. The number of rotatable bonds is 10. The summed E-state index contributed by atoms with van der Waals surface area (Å²) in [4.78, 5) is 4.28. The number of ether oxygens (including phenoxy) is 2. The molecular weight excluding hydrogens is 266 g/mol. The minimum atomic E-state index is 0.487. The molecule has 1 saturated carbocycles. The van der Waals surface area contributed by atoms with Crippen molar-refractivity contribution in [1.82, 2.24) is 10.6 Å². The van der Waals surface area contributed by atoms with E-state index in [2.05, 4.69) is 29.5 Å². The number of nitrogens with one attached hydrogen (secondary N) is 2. The minimum Gasteiger partial charge on any atom is -0.382 e. The molecule has 124 valence electrons. The van der Waals surface area contributed by atoms with E-state index in [0.717, 1.165) is 25.0 Å². The van der Waals surface area contributed by atoms with Gasteiger partial charge in [0.2, 0.25) is 0 Å². The predicted molar refractivity (Wildman–Crippen MR) is 87.8 cm³/mol. The highest BCUT2D eigenvalue weighted by Crippen LogP contribution is 2.45. The van der Waals surface area contributed by atoms with Crippen LogP contribution in [-0.4, -0.2) is 53.0 Å². The maximum atomic E-state index is 5.43. The highest BCUT2D eigenvalue weighted by atomic mass is 16.5. The Bertz CT molecular complexity index is 302. The molecule has 1 fully saturated rings. The van der Waals surface area contributed by atoms with Crippen molar-refractivity contribution in [2.75, 3.05) is 47.1 Å². The van der Waals surface area contributed by atoms with Gasteiger partial charge in [-0.25, -0.2) is 0 Å². The molecule has 0 aromatic heterocycles. The fourth-order valence-corrected chi connectivity index (χ4v) is 2.97. The Morgan fingerprint density at radius 2 is 1.95 bits per heavy atom. The van der Waals surface area contributed by atoms with Crippen molar-refractivity contribution >= 4 is 5.96 Å². The summed E-state index contributed by atoms with van der Waals surface area (Å²) >= 11 is 0. The van der Waals surface area contributed by atoms with Crippen LogP contribution >= 0.6 is 0 Å². The van der Waals surface area contributed by atoms with Crippen LogP contribution in [0.3, 0.4) is 0 Å². The number of hydrogen-bond acceptors (Lipinski definition) is 3. The first-order chi connectivity index (χ1) is 10.1. The van der Waals surface area contributed by atoms with Crippen LogP contribution in [0.5, 0.6) is 0 Å². The molecule has 1 rings (SSSR count). The third-order valence-electron chi connectivity index (χ3n) is 4.08. The number of aliphatic imine (C=N–C) groups is 1. The summed E-state index contributed by atoms with van der Waals surface area (Å²) in [6.07, 6.45) is 5.36. The average Bonchev–Trinajstić information content (AvgIpc) is 2.42. The Labute approximate surface area is 129 Å². The van der Waals surface area contributed by atoms with Gasteiger partial charge in [-0.3, -0.25) is 4.99 Å². The monoisotopic (exact) mass is 299 g/mol. The summed E-state index contributed by atoms with van der Waals surface area (Å²) < 4.78 is 10.4. The smallest absolute Gasteiger partial charge is 0.191 e. The topological polar surface area (TPSA) is 54.9 Å². The molecule has 0 aliphatic heterocycles. The lowest BCUT2D eigenvalue weighted by molar-refractivity contribution is 0.0732. The van der Waals surface area contributed by atoms with E-state index in [-0.39, 0.29) is 0 Å². The van der Waals surface area contributed by atoms with Gasteiger partial charge in [-0.1, -0.05) is 20.3 Å². The molecule has 0 spiro atoms. The standard InChI is InChI=1S/C16H33N3O2/c1-14(2)12-16(6-5-7-16)13-19-15(17-3)18-8-9-21-11-10-20-4/h14H,5-13H2,1-4H3,(H2,17,18,19). The third-order valence-corrected chi connectivity index (χ3v) is 4.08. The van der Waals surface area contributed by atoms with Crippen LogP contribution in [0.2, 0.25) is 0 Å². The third kappa shape index (κ3) is 7.14. The molecule has 5 nitrogen and oxygen atoms in total. The molecule has 1 aliphatic carbocycles. The second kappa shape index (κ2) is 10.0. The Kier molecular flexibility index (Phi) is 8.69. The zero-order valence-corrected chi connectivity index (χ0v) is 14.2. The van der Waals surface area contributed by atoms with E-state index in [1.54, 1.807) is 7.11 Å². The fraction of sp³-hybridized carbons (Fsp3) is 0.938. The quantitative estimate of drug-likeness (QED) is 0.368. The first-order valence-corrected chi connectivity index (χ1v) is 8.13. The van der Waals surface area contributed by atoms with Crippen molar-refractivity contribution in [1.29, 1.82) is 0 Å². The van der Waals surface area contributed by atoms with Crippen LogP contribution in [0.1, 0.15) is 39.5 Å². The van der Waals surface area contributed by atoms with Crippen LogP contribution in [0.25, 0.3) is 0 Å². The van der Waals surface area contributed by atoms with Gasteiger partial charge >= 0.3 is 0 Å². The molecule has 0 unspecified atom stereocenters. The fourth-order valence-electron chi connectivity index (χ4n) is 2.97. The van der Waals surface area contributed by atoms with Crippen molar-refractivity contribution in [2.24, 2.45) is 16.3 Å². The van der Waals surface area contributed by atoms with Crippen molar-refractivity contribution in [3.63, 3.8) is 0 Å². The first kappa shape index (κ1) is 18.2. The Hall–Kier alpha value is -0.810. The molecule has 0 bridgehead atoms. The summed E-state index contributed by atoms with van der Waals surface area (Å²) in [5, 5.41) is 6.77. The van der Waals surface area contributed by atoms with Gasteiger partial charge in [-0.2, -0.15) is 0 Å². The van der Waals surface area contributed by atoms with Gasteiger partial charge in [0.1, 0.15) is 0 Å². The van der Waals surface area contributed by atoms with E-state index in [1.165, 1.54) is 25.7 Å². The van der Waals surface area contributed by atoms with Gasteiger partial charge in [0.25, 0.3) is 0 Å². The van der Waals surface area contributed by atoms with E-state index in [9.17, 15) is 0 Å².